The standard InChI is InChI=1S/C23H27F3N2O4/c1-4-27-22(30)14-32-19-10-5-16(12-20(19)31-3)13-28-21(29)11-15(2)17-6-8-18(9-7-17)23(24,25)26/h5-10,12,15H,4,11,13-14H2,1-3H3,(H,27,30)(H,28,29). The largest absolute Gasteiger partial charge is 0.493 e. The lowest BCUT2D eigenvalue weighted by Crippen LogP contribution is -2.28. The molecular formula is C23H27F3N2O4. The van der Waals surface area contributed by atoms with Gasteiger partial charge in [0.1, 0.15) is 0 Å². The quantitative estimate of drug-likeness (QED) is 0.571. The molecule has 32 heavy (non-hydrogen) atoms. The molecule has 2 aromatic carbocycles. The van der Waals surface area contributed by atoms with E-state index in [2.05, 4.69) is 10.6 Å². The maximum absolute atomic E-state index is 12.7. The maximum Gasteiger partial charge on any atom is 0.416 e. The first kappa shape index (κ1) is 25.0. The van der Waals surface area contributed by atoms with Gasteiger partial charge in [-0.1, -0.05) is 25.1 Å². The predicted octanol–water partition coefficient (Wildman–Crippen LogP) is 4.04. The van der Waals surface area contributed by atoms with E-state index in [4.69, 9.17) is 9.47 Å². The van der Waals surface area contributed by atoms with Gasteiger partial charge in [-0.3, -0.25) is 9.59 Å². The molecule has 9 heteroatoms. The van der Waals surface area contributed by atoms with Crippen molar-refractivity contribution >= 4 is 11.8 Å². The highest BCUT2D eigenvalue weighted by molar-refractivity contribution is 5.77. The summed E-state index contributed by atoms with van der Waals surface area (Å²) in [5.41, 5.74) is 0.705. The van der Waals surface area contributed by atoms with E-state index >= 15 is 0 Å². The molecule has 0 aliphatic carbocycles. The number of carbonyl (C=O) groups is 2. The summed E-state index contributed by atoms with van der Waals surface area (Å²) in [7, 11) is 1.47. The van der Waals surface area contributed by atoms with E-state index in [1.54, 1.807) is 25.1 Å². The molecular weight excluding hydrogens is 425 g/mol. The van der Waals surface area contributed by atoms with Gasteiger partial charge in [0.25, 0.3) is 5.91 Å². The summed E-state index contributed by atoms with van der Waals surface area (Å²) in [5.74, 6) is 0.127. The van der Waals surface area contributed by atoms with E-state index in [1.807, 2.05) is 6.92 Å². The van der Waals surface area contributed by atoms with Gasteiger partial charge in [0.15, 0.2) is 18.1 Å². The Kier molecular flexibility index (Phi) is 8.92. The molecule has 174 valence electrons. The minimum absolute atomic E-state index is 0.135. The van der Waals surface area contributed by atoms with Crippen LogP contribution in [0.2, 0.25) is 0 Å². The Morgan fingerprint density at radius 2 is 1.69 bits per heavy atom. The summed E-state index contributed by atoms with van der Waals surface area (Å²) in [6.45, 7) is 4.21. The van der Waals surface area contributed by atoms with Crippen LogP contribution in [0.15, 0.2) is 42.5 Å². The van der Waals surface area contributed by atoms with Crippen molar-refractivity contribution in [3.8, 4) is 11.5 Å². The number of carbonyl (C=O) groups excluding carboxylic acids is 2. The SMILES string of the molecule is CCNC(=O)COc1ccc(CNC(=O)CC(C)c2ccc(C(F)(F)F)cc2)cc1OC. The molecule has 0 aromatic heterocycles. The molecule has 0 saturated heterocycles. The van der Waals surface area contributed by atoms with Crippen molar-refractivity contribution in [1.29, 1.82) is 0 Å². The van der Waals surface area contributed by atoms with Gasteiger partial charge >= 0.3 is 6.18 Å². The molecule has 0 aliphatic rings. The molecule has 2 aromatic rings. The van der Waals surface area contributed by atoms with Crippen LogP contribution >= 0.6 is 0 Å². The Labute approximate surface area is 185 Å². The minimum atomic E-state index is -4.39. The number of hydrogen-bond donors (Lipinski definition) is 2. The van der Waals surface area contributed by atoms with Crippen molar-refractivity contribution in [2.24, 2.45) is 0 Å². The third-order valence-corrected chi connectivity index (χ3v) is 4.75. The molecule has 1 unspecified atom stereocenters. The number of amides is 2. The lowest BCUT2D eigenvalue weighted by atomic mass is 9.96. The van der Waals surface area contributed by atoms with Crippen LogP contribution in [-0.2, 0) is 22.3 Å². The molecule has 6 nitrogen and oxygen atoms in total. The van der Waals surface area contributed by atoms with Crippen LogP contribution in [-0.4, -0.2) is 32.1 Å². The molecule has 2 rings (SSSR count). The van der Waals surface area contributed by atoms with E-state index in [1.165, 1.54) is 19.2 Å². The first-order chi connectivity index (χ1) is 15.1. The average Bonchev–Trinajstić information content (AvgIpc) is 2.76. The molecule has 0 bridgehead atoms. The first-order valence-electron chi connectivity index (χ1n) is 10.1. The highest BCUT2D eigenvalue weighted by atomic mass is 19.4. The van der Waals surface area contributed by atoms with Gasteiger partial charge in [0, 0.05) is 19.5 Å². The van der Waals surface area contributed by atoms with Crippen LogP contribution in [0.25, 0.3) is 0 Å². The fraction of sp³-hybridized carbons (Fsp3) is 0.391. The second kappa shape index (κ2) is 11.4. The summed E-state index contributed by atoms with van der Waals surface area (Å²) in [4.78, 5) is 23.8. The van der Waals surface area contributed by atoms with Gasteiger partial charge in [-0.05, 0) is 48.2 Å². The smallest absolute Gasteiger partial charge is 0.416 e. The van der Waals surface area contributed by atoms with E-state index in [-0.39, 0.29) is 37.3 Å². The third-order valence-electron chi connectivity index (χ3n) is 4.75. The fourth-order valence-corrected chi connectivity index (χ4v) is 3.00. The van der Waals surface area contributed by atoms with E-state index in [0.29, 0.717) is 23.6 Å². The molecule has 0 radical (unpaired) electrons. The highest BCUT2D eigenvalue weighted by Crippen LogP contribution is 2.31. The molecule has 0 saturated carbocycles. The molecule has 0 fully saturated rings. The van der Waals surface area contributed by atoms with Gasteiger partial charge in [-0.25, -0.2) is 0 Å². The van der Waals surface area contributed by atoms with Crippen molar-refractivity contribution in [3.05, 3.63) is 59.2 Å². The number of ether oxygens (including phenoxy) is 2. The number of nitrogens with one attached hydrogen (secondary N) is 2. The van der Waals surface area contributed by atoms with Crippen molar-refractivity contribution in [2.45, 2.75) is 38.9 Å². The van der Waals surface area contributed by atoms with Crippen LogP contribution < -0.4 is 20.1 Å². The minimum Gasteiger partial charge on any atom is -0.493 e. The van der Waals surface area contributed by atoms with Crippen LogP contribution in [0.1, 0.15) is 42.9 Å². The highest BCUT2D eigenvalue weighted by Gasteiger charge is 2.30. The molecule has 2 amide bonds. The first-order valence-corrected chi connectivity index (χ1v) is 10.1. The van der Waals surface area contributed by atoms with Crippen molar-refractivity contribution in [2.75, 3.05) is 20.3 Å². The number of benzene rings is 2. The Hall–Kier alpha value is -3.23. The molecule has 0 spiro atoms. The Morgan fingerprint density at radius 1 is 1.00 bits per heavy atom. The second-order valence-corrected chi connectivity index (χ2v) is 7.23. The number of methoxy groups -OCH3 is 1. The van der Waals surface area contributed by atoms with Crippen LogP contribution in [0.4, 0.5) is 13.2 Å². The summed E-state index contributed by atoms with van der Waals surface area (Å²) in [5, 5.41) is 5.43. The maximum atomic E-state index is 12.7. The van der Waals surface area contributed by atoms with Crippen molar-refractivity contribution in [3.63, 3.8) is 0 Å². The predicted molar refractivity (Wildman–Crippen MR) is 113 cm³/mol. The Balaban J connectivity index is 1.89. The number of rotatable bonds is 10. The number of halogens is 3. The molecule has 1 atom stereocenters. The van der Waals surface area contributed by atoms with E-state index in [0.717, 1.165) is 17.7 Å². The van der Waals surface area contributed by atoms with Crippen molar-refractivity contribution in [1.82, 2.24) is 10.6 Å². The van der Waals surface area contributed by atoms with Gasteiger partial charge in [0.2, 0.25) is 5.91 Å². The zero-order valence-electron chi connectivity index (χ0n) is 18.2. The topological polar surface area (TPSA) is 76.7 Å². The monoisotopic (exact) mass is 452 g/mol. The summed E-state index contributed by atoms with van der Waals surface area (Å²) in [6, 6.07) is 9.93. The molecule has 0 aliphatic heterocycles. The normalized spacial score (nSPS) is 12.1. The zero-order chi connectivity index (χ0) is 23.7. The zero-order valence-corrected chi connectivity index (χ0v) is 18.2. The van der Waals surface area contributed by atoms with Crippen LogP contribution in [0.3, 0.4) is 0 Å². The Bertz CT molecular complexity index is 914. The molecule has 2 N–H and O–H groups in total. The number of likely N-dealkylation sites (N-methyl/N-ethyl adjacent to an activating group) is 1. The summed E-state index contributed by atoms with van der Waals surface area (Å²) >= 11 is 0. The summed E-state index contributed by atoms with van der Waals surface area (Å²) < 4.78 is 48.8. The van der Waals surface area contributed by atoms with Gasteiger partial charge in [0.05, 0.1) is 12.7 Å². The number of alkyl halides is 3. The molecule has 0 heterocycles. The second-order valence-electron chi connectivity index (χ2n) is 7.23. The average molecular weight is 452 g/mol. The van der Waals surface area contributed by atoms with E-state index in [9.17, 15) is 22.8 Å². The Morgan fingerprint density at radius 3 is 2.28 bits per heavy atom. The summed E-state index contributed by atoms with van der Waals surface area (Å²) in [6.07, 6.45) is -4.25. The lowest BCUT2D eigenvalue weighted by Gasteiger charge is -2.15. The van der Waals surface area contributed by atoms with Gasteiger partial charge in [-0.2, -0.15) is 13.2 Å². The van der Waals surface area contributed by atoms with E-state index < -0.39 is 11.7 Å². The lowest BCUT2D eigenvalue weighted by molar-refractivity contribution is -0.137. The van der Waals surface area contributed by atoms with Gasteiger partial charge < -0.3 is 20.1 Å². The third kappa shape index (κ3) is 7.47. The number of hydrogen-bond acceptors (Lipinski definition) is 4. The van der Waals surface area contributed by atoms with Crippen LogP contribution in [0.5, 0.6) is 11.5 Å². The van der Waals surface area contributed by atoms with Gasteiger partial charge in [-0.15, -0.1) is 0 Å². The van der Waals surface area contributed by atoms with Crippen LogP contribution in [0, 0.1) is 0 Å². The fourth-order valence-electron chi connectivity index (χ4n) is 3.00. The van der Waals surface area contributed by atoms with Crippen molar-refractivity contribution < 1.29 is 32.2 Å².